The summed E-state index contributed by atoms with van der Waals surface area (Å²) in [4.78, 5) is 4.21. The molecule has 4 rings (SSSR count). The van der Waals surface area contributed by atoms with Crippen LogP contribution in [0.1, 0.15) is 24.1 Å². The first-order chi connectivity index (χ1) is 14.2. The van der Waals surface area contributed by atoms with E-state index in [1.165, 1.54) is 29.5 Å². The van der Waals surface area contributed by atoms with Gasteiger partial charge in [-0.1, -0.05) is 35.6 Å². The fourth-order valence-corrected chi connectivity index (χ4v) is 3.87. The van der Waals surface area contributed by atoms with Crippen molar-refractivity contribution in [2.24, 2.45) is 0 Å². The minimum Gasteiger partial charge on any atom is -0.378 e. The number of nitrogens with one attached hydrogen (secondary N) is 1. The van der Waals surface area contributed by atoms with Gasteiger partial charge in [-0.05, 0) is 48.4 Å². The van der Waals surface area contributed by atoms with Crippen molar-refractivity contribution in [3.05, 3.63) is 77.6 Å². The van der Waals surface area contributed by atoms with E-state index < -0.39 is 11.7 Å². The smallest absolute Gasteiger partial charge is 0.378 e. The fraction of sp³-hybridized carbons (Fsp3) is 0.136. The summed E-state index contributed by atoms with van der Waals surface area (Å²) in [7, 11) is 0. The molecule has 8 heteroatoms. The average molecular weight is 430 g/mol. The van der Waals surface area contributed by atoms with Crippen molar-refractivity contribution in [1.29, 1.82) is 0 Å². The number of hydrogen-bond donors (Lipinski definition) is 2. The lowest BCUT2D eigenvalue weighted by Crippen LogP contribution is -2.10. The average Bonchev–Trinajstić information content (AvgIpc) is 3.07. The summed E-state index contributed by atoms with van der Waals surface area (Å²) in [6, 6.07) is 15.7. The fourth-order valence-electron chi connectivity index (χ4n) is 3.18. The van der Waals surface area contributed by atoms with Crippen LogP contribution in [0.2, 0.25) is 0 Å². The van der Waals surface area contributed by atoms with Crippen molar-refractivity contribution >= 4 is 32.4 Å². The Kier molecular flexibility index (Phi) is 5.11. The van der Waals surface area contributed by atoms with Crippen LogP contribution in [-0.2, 0) is 6.18 Å². The monoisotopic (exact) mass is 430 g/mol. The highest BCUT2D eigenvalue weighted by Crippen LogP contribution is 2.38. The van der Waals surface area contributed by atoms with Gasteiger partial charge in [0.25, 0.3) is 0 Å². The molecule has 0 fully saturated rings. The highest BCUT2D eigenvalue weighted by molar-refractivity contribution is 7.22. The van der Waals surface area contributed by atoms with Crippen molar-refractivity contribution in [2.75, 3.05) is 11.1 Å². The summed E-state index contributed by atoms with van der Waals surface area (Å²) in [5, 5.41) is 3.52. The molecule has 1 atom stereocenters. The SMILES string of the molecule is CC(Nc1cc(C(F)(F)F)ccc1-c1[c]c2nc(N)sc2cc1)c1ccc(F)cc1. The van der Waals surface area contributed by atoms with Crippen molar-refractivity contribution in [2.45, 2.75) is 19.1 Å². The maximum atomic E-state index is 13.3. The second kappa shape index (κ2) is 7.60. The van der Waals surface area contributed by atoms with E-state index >= 15 is 0 Å². The maximum Gasteiger partial charge on any atom is 0.416 e. The molecule has 4 aromatic rings. The van der Waals surface area contributed by atoms with Crippen molar-refractivity contribution < 1.29 is 17.6 Å². The van der Waals surface area contributed by atoms with Crippen molar-refractivity contribution in [1.82, 2.24) is 4.98 Å². The van der Waals surface area contributed by atoms with Gasteiger partial charge >= 0.3 is 6.18 Å². The maximum absolute atomic E-state index is 13.3. The molecule has 1 heterocycles. The third-order valence-corrected chi connectivity index (χ3v) is 5.55. The van der Waals surface area contributed by atoms with Gasteiger partial charge in [-0.3, -0.25) is 0 Å². The van der Waals surface area contributed by atoms with Crippen LogP contribution >= 0.6 is 11.3 Å². The van der Waals surface area contributed by atoms with Gasteiger partial charge in [-0.15, -0.1) is 0 Å². The molecular formula is C22H16F4N3S. The van der Waals surface area contributed by atoms with Crippen LogP contribution in [-0.4, -0.2) is 4.98 Å². The Morgan fingerprint density at radius 2 is 1.80 bits per heavy atom. The van der Waals surface area contributed by atoms with Gasteiger partial charge in [0.15, 0.2) is 5.13 Å². The van der Waals surface area contributed by atoms with Crippen LogP contribution in [0.5, 0.6) is 0 Å². The van der Waals surface area contributed by atoms with Crippen LogP contribution in [0.4, 0.5) is 28.4 Å². The Morgan fingerprint density at radius 3 is 2.50 bits per heavy atom. The molecule has 3 N–H and O–H groups in total. The Labute approximate surface area is 174 Å². The first-order valence-corrected chi connectivity index (χ1v) is 9.84. The predicted octanol–water partition coefficient (Wildman–Crippen LogP) is 6.68. The number of halogens is 4. The van der Waals surface area contributed by atoms with E-state index in [0.29, 0.717) is 27.5 Å². The third-order valence-electron chi connectivity index (χ3n) is 4.70. The van der Waals surface area contributed by atoms with Crippen LogP contribution in [0.3, 0.4) is 0 Å². The molecule has 0 aliphatic carbocycles. The number of alkyl halides is 3. The van der Waals surface area contributed by atoms with Crippen molar-refractivity contribution in [3.63, 3.8) is 0 Å². The first-order valence-electron chi connectivity index (χ1n) is 9.02. The van der Waals surface area contributed by atoms with Gasteiger partial charge in [0.05, 0.1) is 15.8 Å². The summed E-state index contributed by atoms with van der Waals surface area (Å²) in [5.74, 6) is -0.379. The van der Waals surface area contributed by atoms with Gasteiger partial charge in [-0.25, -0.2) is 9.37 Å². The number of nitrogen functional groups attached to an aromatic ring is 1. The van der Waals surface area contributed by atoms with E-state index in [1.807, 2.05) is 6.07 Å². The van der Waals surface area contributed by atoms with Crippen LogP contribution < -0.4 is 11.1 Å². The highest BCUT2D eigenvalue weighted by atomic mass is 32.1. The Bertz CT molecular complexity index is 1200. The number of anilines is 2. The molecule has 0 amide bonds. The van der Waals surface area contributed by atoms with E-state index in [2.05, 4.69) is 16.4 Å². The van der Waals surface area contributed by atoms with E-state index in [1.54, 1.807) is 25.1 Å². The zero-order valence-corrected chi connectivity index (χ0v) is 16.5. The van der Waals surface area contributed by atoms with Gasteiger partial charge in [0, 0.05) is 23.4 Å². The summed E-state index contributed by atoms with van der Waals surface area (Å²) >= 11 is 1.32. The second-order valence-electron chi connectivity index (χ2n) is 6.81. The summed E-state index contributed by atoms with van der Waals surface area (Å²) < 4.78 is 54.0. The van der Waals surface area contributed by atoms with E-state index in [4.69, 9.17) is 5.73 Å². The normalized spacial score (nSPS) is 12.8. The Hall–Kier alpha value is -3.13. The molecule has 1 radical (unpaired) electrons. The molecule has 30 heavy (non-hydrogen) atoms. The summed E-state index contributed by atoms with van der Waals surface area (Å²) in [5.41, 5.74) is 7.71. The zero-order valence-electron chi connectivity index (χ0n) is 15.7. The Balaban J connectivity index is 1.77. The quantitative estimate of drug-likeness (QED) is 0.355. The molecular weight excluding hydrogens is 414 g/mol. The molecule has 0 bridgehead atoms. The molecule has 1 unspecified atom stereocenters. The molecule has 0 saturated carbocycles. The molecule has 0 aliphatic rings. The number of nitrogens with zero attached hydrogens (tertiary/aromatic N) is 1. The largest absolute Gasteiger partial charge is 0.416 e. The van der Waals surface area contributed by atoms with E-state index in [0.717, 1.165) is 22.4 Å². The number of thiazole rings is 1. The van der Waals surface area contributed by atoms with Gasteiger partial charge < -0.3 is 11.1 Å². The molecule has 3 nitrogen and oxygen atoms in total. The number of hydrogen-bond acceptors (Lipinski definition) is 4. The van der Waals surface area contributed by atoms with Crippen LogP contribution in [0, 0.1) is 11.9 Å². The highest BCUT2D eigenvalue weighted by Gasteiger charge is 2.31. The molecule has 0 aliphatic heterocycles. The summed E-state index contributed by atoms with van der Waals surface area (Å²) in [6.07, 6.45) is -4.48. The number of rotatable bonds is 4. The predicted molar refractivity (Wildman–Crippen MR) is 112 cm³/mol. The molecule has 0 saturated heterocycles. The lowest BCUT2D eigenvalue weighted by molar-refractivity contribution is -0.137. The minimum absolute atomic E-state index is 0.292. The number of nitrogens with two attached hydrogens (primary N) is 1. The summed E-state index contributed by atoms with van der Waals surface area (Å²) in [6.45, 7) is 1.80. The standard InChI is InChI=1S/C22H16F4N3S/c1-12(13-2-6-16(23)7-3-13)28-18-11-15(22(24,25)26)5-8-17(18)14-4-9-20-19(10-14)29-21(27)30-20/h2-9,11-12,28H,1H3,(H2,27,29). The van der Waals surface area contributed by atoms with Crippen LogP contribution in [0.25, 0.3) is 21.3 Å². The zero-order chi connectivity index (χ0) is 21.5. The molecule has 153 valence electrons. The number of benzene rings is 3. The number of aromatic nitrogens is 1. The molecule has 1 aromatic heterocycles. The number of fused-ring (bicyclic) bond motifs is 1. The first kappa shape index (κ1) is 20.2. The van der Waals surface area contributed by atoms with Crippen LogP contribution in [0.15, 0.2) is 54.6 Å². The van der Waals surface area contributed by atoms with Crippen molar-refractivity contribution in [3.8, 4) is 11.1 Å². The molecule has 3 aromatic carbocycles. The van der Waals surface area contributed by atoms with Gasteiger partial charge in [0.1, 0.15) is 5.82 Å². The minimum atomic E-state index is -4.48. The molecule has 0 spiro atoms. The topological polar surface area (TPSA) is 50.9 Å². The van der Waals surface area contributed by atoms with Gasteiger partial charge in [-0.2, -0.15) is 13.2 Å². The Morgan fingerprint density at radius 1 is 1.07 bits per heavy atom. The van der Waals surface area contributed by atoms with Gasteiger partial charge in [0.2, 0.25) is 0 Å². The lowest BCUT2D eigenvalue weighted by atomic mass is 9.99. The van der Waals surface area contributed by atoms with E-state index in [9.17, 15) is 17.6 Å². The lowest BCUT2D eigenvalue weighted by Gasteiger charge is -2.20. The third kappa shape index (κ3) is 4.09. The second-order valence-corrected chi connectivity index (χ2v) is 7.87. The van der Waals surface area contributed by atoms with E-state index in [-0.39, 0.29) is 11.9 Å².